The van der Waals surface area contributed by atoms with Crippen LogP contribution >= 0.6 is 0 Å². The summed E-state index contributed by atoms with van der Waals surface area (Å²) in [5.41, 5.74) is 2.36. The Labute approximate surface area is 139 Å². The van der Waals surface area contributed by atoms with Crippen molar-refractivity contribution in [3.63, 3.8) is 0 Å². The standard InChI is InChI=1S/C19H27N3O/c1-21(15-16-8-11-22(12-9-16)13-14-23-2)19-7-10-20-18-6-4-3-5-17(18)19/h3-7,10,16H,8-9,11-15H2,1-2H3. The summed E-state index contributed by atoms with van der Waals surface area (Å²) in [6, 6.07) is 10.5. The summed E-state index contributed by atoms with van der Waals surface area (Å²) < 4.78 is 5.18. The minimum absolute atomic E-state index is 0.769. The van der Waals surface area contributed by atoms with Crippen molar-refractivity contribution in [2.45, 2.75) is 12.8 Å². The average molecular weight is 313 g/mol. The number of hydrogen-bond donors (Lipinski definition) is 0. The normalized spacial score (nSPS) is 16.8. The van der Waals surface area contributed by atoms with Gasteiger partial charge in [-0.15, -0.1) is 0 Å². The molecule has 0 saturated carbocycles. The maximum Gasteiger partial charge on any atom is 0.0722 e. The van der Waals surface area contributed by atoms with Crippen LogP contribution < -0.4 is 4.90 Å². The predicted octanol–water partition coefficient (Wildman–Crippen LogP) is 3.03. The maximum atomic E-state index is 5.18. The minimum atomic E-state index is 0.769. The van der Waals surface area contributed by atoms with Crippen LogP contribution in [0.1, 0.15) is 12.8 Å². The number of anilines is 1. The van der Waals surface area contributed by atoms with Crippen molar-refractivity contribution in [3.8, 4) is 0 Å². The number of methoxy groups -OCH3 is 1. The summed E-state index contributed by atoms with van der Waals surface area (Å²) in [6.45, 7) is 5.41. The van der Waals surface area contributed by atoms with Gasteiger partial charge >= 0.3 is 0 Å². The van der Waals surface area contributed by atoms with E-state index in [4.69, 9.17) is 4.74 Å². The van der Waals surface area contributed by atoms with Gasteiger partial charge in [0.1, 0.15) is 0 Å². The number of aromatic nitrogens is 1. The molecule has 1 aliphatic rings. The first-order valence-corrected chi connectivity index (χ1v) is 8.54. The van der Waals surface area contributed by atoms with E-state index in [-0.39, 0.29) is 0 Å². The van der Waals surface area contributed by atoms with Gasteiger partial charge in [-0.25, -0.2) is 0 Å². The molecule has 3 rings (SSSR count). The largest absolute Gasteiger partial charge is 0.383 e. The van der Waals surface area contributed by atoms with Crippen LogP contribution in [-0.2, 0) is 4.74 Å². The van der Waals surface area contributed by atoms with Gasteiger partial charge in [-0.05, 0) is 44.0 Å². The van der Waals surface area contributed by atoms with Gasteiger partial charge in [0.25, 0.3) is 0 Å². The number of ether oxygens (including phenoxy) is 1. The van der Waals surface area contributed by atoms with E-state index in [1.54, 1.807) is 7.11 Å². The number of para-hydroxylation sites is 1. The van der Waals surface area contributed by atoms with Crippen molar-refractivity contribution in [2.75, 3.05) is 51.8 Å². The van der Waals surface area contributed by atoms with E-state index in [2.05, 4.69) is 52.2 Å². The Morgan fingerprint density at radius 3 is 2.78 bits per heavy atom. The topological polar surface area (TPSA) is 28.6 Å². The van der Waals surface area contributed by atoms with E-state index in [0.717, 1.165) is 31.1 Å². The summed E-state index contributed by atoms with van der Waals surface area (Å²) >= 11 is 0. The van der Waals surface area contributed by atoms with Gasteiger partial charge in [0.2, 0.25) is 0 Å². The summed E-state index contributed by atoms with van der Waals surface area (Å²) in [4.78, 5) is 9.38. The van der Waals surface area contributed by atoms with Crippen LogP contribution in [0.15, 0.2) is 36.5 Å². The van der Waals surface area contributed by atoms with Crippen LogP contribution in [0.4, 0.5) is 5.69 Å². The van der Waals surface area contributed by atoms with Crippen LogP contribution in [0, 0.1) is 5.92 Å². The molecule has 1 saturated heterocycles. The molecule has 23 heavy (non-hydrogen) atoms. The van der Waals surface area contributed by atoms with Gasteiger partial charge in [-0.1, -0.05) is 18.2 Å². The molecule has 1 aliphatic heterocycles. The SMILES string of the molecule is COCCN1CCC(CN(C)c2ccnc3ccccc23)CC1. The minimum Gasteiger partial charge on any atom is -0.383 e. The summed E-state index contributed by atoms with van der Waals surface area (Å²) in [6.07, 6.45) is 4.47. The van der Waals surface area contributed by atoms with E-state index in [0.29, 0.717) is 0 Å². The van der Waals surface area contributed by atoms with Gasteiger partial charge in [0, 0.05) is 44.5 Å². The Kier molecular flexibility index (Phi) is 5.47. The highest BCUT2D eigenvalue weighted by Crippen LogP contribution is 2.26. The third kappa shape index (κ3) is 4.01. The third-order valence-electron chi connectivity index (χ3n) is 4.89. The molecule has 2 aromatic rings. The number of hydrogen-bond acceptors (Lipinski definition) is 4. The number of benzene rings is 1. The first kappa shape index (κ1) is 16.2. The molecule has 0 radical (unpaired) electrons. The molecule has 0 spiro atoms. The molecule has 1 fully saturated rings. The second-order valence-electron chi connectivity index (χ2n) is 6.51. The van der Waals surface area contributed by atoms with Crippen molar-refractivity contribution < 1.29 is 4.74 Å². The second kappa shape index (κ2) is 7.75. The number of likely N-dealkylation sites (tertiary alicyclic amines) is 1. The highest BCUT2D eigenvalue weighted by molar-refractivity contribution is 5.91. The smallest absolute Gasteiger partial charge is 0.0722 e. The molecule has 0 amide bonds. The maximum absolute atomic E-state index is 5.18. The Morgan fingerprint density at radius 2 is 2.00 bits per heavy atom. The van der Waals surface area contributed by atoms with Crippen LogP contribution in [0.3, 0.4) is 0 Å². The molecule has 0 N–H and O–H groups in total. The molecular formula is C19H27N3O. The van der Waals surface area contributed by atoms with E-state index in [1.807, 2.05) is 6.20 Å². The van der Waals surface area contributed by atoms with E-state index in [1.165, 1.54) is 37.0 Å². The molecule has 0 atom stereocenters. The molecule has 124 valence electrons. The van der Waals surface area contributed by atoms with Crippen LogP contribution in [0.25, 0.3) is 10.9 Å². The zero-order valence-electron chi connectivity index (χ0n) is 14.2. The Hall–Kier alpha value is -1.65. The fourth-order valence-corrected chi connectivity index (χ4v) is 3.51. The fourth-order valence-electron chi connectivity index (χ4n) is 3.51. The quantitative estimate of drug-likeness (QED) is 0.819. The molecule has 0 bridgehead atoms. The monoisotopic (exact) mass is 313 g/mol. The van der Waals surface area contributed by atoms with E-state index < -0.39 is 0 Å². The molecule has 1 aromatic carbocycles. The number of fused-ring (bicyclic) bond motifs is 1. The number of pyridine rings is 1. The number of nitrogens with zero attached hydrogens (tertiary/aromatic N) is 3. The van der Waals surface area contributed by atoms with Crippen molar-refractivity contribution >= 4 is 16.6 Å². The Bertz CT molecular complexity index is 618. The Morgan fingerprint density at radius 1 is 1.22 bits per heavy atom. The van der Waals surface area contributed by atoms with E-state index in [9.17, 15) is 0 Å². The summed E-state index contributed by atoms with van der Waals surface area (Å²) in [5, 5.41) is 1.25. The van der Waals surface area contributed by atoms with Gasteiger partial charge < -0.3 is 14.5 Å². The highest BCUT2D eigenvalue weighted by Gasteiger charge is 2.20. The molecule has 1 aromatic heterocycles. The molecule has 0 aliphatic carbocycles. The third-order valence-corrected chi connectivity index (χ3v) is 4.89. The van der Waals surface area contributed by atoms with Gasteiger partial charge in [-0.2, -0.15) is 0 Å². The predicted molar refractivity (Wildman–Crippen MR) is 96.1 cm³/mol. The van der Waals surface area contributed by atoms with Gasteiger partial charge in [0.15, 0.2) is 0 Å². The van der Waals surface area contributed by atoms with Crippen molar-refractivity contribution in [1.29, 1.82) is 0 Å². The molecule has 4 heteroatoms. The van der Waals surface area contributed by atoms with Crippen molar-refractivity contribution in [1.82, 2.24) is 9.88 Å². The first-order valence-electron chi connectivity index (χ1n) is 8.54. The van der Waals surface area contributed by atoms with Gasteiger partial charge in [-0.3, -0.25) is 4.98 Å². The zero-order valence-corrected chi connectivity index (χ0v) is 14.2. The fraction of sp³-hybridized carbons (Fsp3) is 0.526. The molecule has 4 nitrogen and oxygen atoms in total. The highest BCUT2D eigenvalue weighted by atomic mass is 16.5. The lowest BCUT2D eigenvalue weighted by Gasteiger charge is -2.34. The van der Waals surface area contributed by atoms with Crippen LogP contribution in [0.2, 0.25) is 0 Å². The Balaban J connectivity index is 1.60. The summed E-state index contributed by atoms with van der Waals surface area (Å²) in [5.74, 6) is 0.769. The van der Waals surface area contributed by atoms with Crippen LogP contribution in [0.5, 0.6) is 0 Å². The van der Waals surface area contributed by atoms with Crippen LogP contribution in [-0.4, -0.2) is 56.8 Å². The van der Waals surface area contributed by atoms with Gasteiger partial charge in [0.05, 0.1) is 12.1 Å². The zero-order chi connectivity index (χ0) is 16.1. The molecule has 0 unspecified atom stereocenters. The lowest BCUT2D eigenvalue weighted by atomic mass is 9.96. The van der Waals surface area contributed by atoms with E-state index >= 15 is 0 Å². The molecule has 2 heterocycles. The second-order valence-corrected chi connectivity index (χ2v) is 6.51. The van der Waals surface area contributed by atoms with Crippen molar-refractivity contribution in [2.24, 2.45) is 5.92 Å². The number of piperidine rings is 1. The molecular weight excluding hydrogens is 286 g/mol. The lowest BCUT2D eigenvalue weighted by Crippen LogP contribution is -2.39. The first-order chi connectivity index (χ1) is 11.3. The van der Waals surface area contributed by atoms with Crippen molar-refractivity contribution in [3.05, 3.63) is 36.5 Å². The number of rotatable bonds is 6. The lowest BCUT2D eigenvalue weighted by molar-refractivity contribution is 0.121. The average Bonchev–Trinajstić information content (AvgIpc) is 2.60. The summed E-state index contributed by atoms with van der Waals surface area (Å²) in [7, 11) is 3.99.